The second-order valence-electron chi connectivity index (χ2n) is 7.76. The molecule has 0 spiro atoms. The standard InChI is InChI=1S/C22H36N4O2/c1-4-23-22(25-18-12-14-26(16-18)19-7-5-6-8-19)24-13-11-17-9-10-20(27-2)21(15-17)28-3/h9-10,15,18-19H,4-8,11-14,16H2,1-3H3,(H2,23,24,25). The lowest BCUT2D eigenvalue weighted by Crippen LogP contribution is -2.45. The van der Waals surface area contributed by atoms with Gasteiger partial charge in [0.15, 0.2) is 17.5 Å². The summed E-state index contributed by atoms with van der Waals surface area (Å²) in [6.45, 7) is 6.09. The molecule has 1 heterocycles. The minimum absolute atomic E-state index is 0.500. The molecule has 0 aromatic heterocycles. The molecule has 1 atom stereocenters. The lowest BCUT2D eigenvalue weighted by Gasteiger charge is -2.24. The van der Waals surface area contributed by atoms with Gasteiger partial charge in [-0.1, -0.05) is 18.9 Å². The Bertz CT molecular complexity index is 643. The van der Waals surface area contributed by atoms with Crippen molar-refractivity contribution >= 4 is 5.96 Å². The first-order valence-electron chi connectivity index (χ1n) is 10.7. The van der Waals surface area contributed by atoms with Gasteiger partial charge in [-0.2, -0.15) is 0 Å². The molecule has 0 bridgehead atoms. The highest BCUT2D eigenvalue weighted by Crippen LogP contribution is 2.28. The fourth-order valence-corrected chi connectivity index (χ4v) is 4.35. The Morgan fingerprint density at radius 2 is 1.93 bits per heavy atom. The number of hydrogen-bond acceptors (Lipinski definition) is 4. The van der Waals surface area contributed by atoms with E-state index in [-0.39, 0.29) is 0 Å². The molecule has 0 amide bonds. The predicted octanol–water partition coefficient (Wildman–Crippen LogP) is 2.82. The molecule has 28 heavy (non-hydrogen) atoms. The Labute approximate surface area is 169 Å². The van der Waals surface area contributed by atoms with Gasteiger partial charge in [0.05, 0.1) is 14.2 Å². The predicted molar refractivity (Wildman–Crippen MR) is 115 cm³/mol. The van der Waals surface area contributed by atoms with Crippen molar-refractivity contribution in [3.05, 3.63) is 23.8 Å². The molecule has 1 aliphatic carbocycles. The molecule has 6 heteroatoms. The highest BCUT2D eigenvalue weighted by atomic mass is 16.5. The molecule has 2 aliphatic rings. The minimum atomic E-state index is 0.500. The summed E-state index contributed by atoms with van der Waals surface area (Å²) in [6.07, 6.45) is 7.64. The first kappa shape index (κ1) is 20.8. The van der Waals surface area contributed by atoms with Crippen LogP contribution in [-0.2, 0) is 6.42 Å². The Morgan fingerprint density at radius 1 is 1.14 bits per heavy atom. The zero-order valence-electron chi connectivity index (χ0n) is 17.7. The Kier molecular flexibility index (Phi) is 7.83. The summed E-state index contributed by atoms with van der Waals surface area (Å²) in [5.41, 5.74) is 1.20. The average molecular weight is 389 g/mol. The van der Waals surface area contributed by atoms with Crippen LogP contribution in [0.2, 0.25) is 0 Å². The van der Waals surface area contributed by atoms with Gasteiger partial charge in [-0.15, -0.1) is 0 Å². The third-order valence-electron chi connectivity index (χ3n) is 5.86. The molecule has 3 rings (SSSR count). The van der Waals surface area contributed by atoms with E-state index in [9.17, 15) is 0 Å². The van der Waals surface area contributed by atoms with Crippen molar-refractivity contribution in [1.29, 1.82) is 0 Å². The van der Waals surface area contributed by atoms with E-state index in [1.165, 1.54) is 44.2 Å². The van der Waals surface area contributed by atoms with Gasteiger partial charge >= 0.3 is 0 Å². The van der Waals surface area contributed by atoms with Crippen molar-refractivity contribution in [3.63, 3.8) is 0 Å². The van der Waals surface area contributed by atoms with E-state index < -0.39 is 0 Å². The number of guanidine groups is 1. The van der Waals surface area contributed by atoms with Crippen LogP contribution in [0.3, 0.4) is 0 Å². The van der Waals surface area contributed by atoms with Crippen LogP contribution in [0.1, 0.15) is 44.6 Å². The molecular formula is C22H36N4O2. The van der Waals surface area contributed by atoms with Crippen LogP contribution in [0, 0.1) is 0 Å². The van der Waals surface area contributed by atoms with Gasteiger partial charge in [0.1, 0.15) is 0 Å². The number of aliphatic imine (C=N–C) groups is 1. The number of methoxy groups -OCH3 is 2. The van der Waals surface area contributed by atoms with Crippen molar-refractivity contribution in [2.75, 3.05) is 40.4 Å². The van der Waals surface area contributed by atoms with Crippen LogP contribution in [0.4, 0.5) is 0 Å². The Balaban J connectivity index is 1.51. The van der Waals surface area contributed by atoms with E-state index in [1.807, 2.05) is 12.1 Å². The maximum Gasteiger partial charge on any atom is 0.191 e. The van der Waals surface area contributed by atoms with Crippen molar-refractivity contribution in [2.24, 2.45) is 4.99 Å². The van der Waals surface area contributed by atoms with Gasteiger partial charge < -0.3 is 20.1 Å². The SMILES string of the molecule is CCNC(=NCCc1ccc(OC)c(OC)c1)NC1CCN(C2CCCC2)C1. The number of likely N-dealkylation sites (tertiary alicyclic amines) is 1. The molecule has 2 N–H and O–H groups in total. The van der Waals surface area contributed by atoms with E-state index in [1.54, 1.807) is 14.2 Å². The van der Waals surface area contributed by atoms with Gasteiger partial charge in [0, 0.05) is 38.3 Å². The number of nitrogens with one attached hydrogen (secondary N) is 2. The van der Waals surface area contributed by atoms with E-state index >= 15 is 0 Å². The van der Waals surface area contributed by atoms with Crippen LogP contribution in [-0.4, -0.2) is 63.3 Å². The molecule has 6 nitrogen and oxygen atoms in total. The lowest BCUT2D eigenvalue weighted by atomic mass is 10.1. The molecule has 2 fully saturated rings. The van der Waals surface area contributed by atoms with Crippen molar-refractivity contribution < 1.29 is 9.47 Å². The summed E-state index contributed by atoms with van der Waals surface area (Å²) >= 11 is 0. The van der Waals surface area contributed by atoms with Gasteiger partial charge in [-0.05, 0) is 50.3 Å². The second-order valence-corrected chi connectivity index (χ2v) is 7.76. The third kappa shape index (κ3) is 5.53. The Hall–Kier alpha value is -1.95. The smallest absolute Gasteiger partial charge is 0.191 e. The summed E-state index contributed by atoms with van der Waals surface area (Å²) in [5.74, 6) is 2.46. The molecule has 156 valence electrons. The molecule has 1 saturated heterocycles. The van der Waals surface area contributed by atoms with Gasteiger partial charge in [-0.3, -0.25) is 9.89 Å². The normalized spacial score (nSPS) is 21.1. The van der Waals surface area contributed by atoms with Gasteiger partial charge in [0.25, 0.3) is 0 Å². The van der Waals surface area contributed by atoms with Crippen LogP contribution in [0.5, 0.6) is 11.5 Å². The molecule has 1 saturated carbocycles. The van der Waals surface area contributed by atoms with Gasteiger partial charge in [0.2, 0.25) is 0 Å². The molecule has 1 aromatic carbocycles. The second kappa shape index (κ2) is 10.6. The summed E-state index contributed by atoms with van der Waals surface area (Å²) in [4.78, 5) is 7.48. The molecule has 1 aliphatic heterocycles. The van der Waals surface area contributed by atoms with E-state index in [0.29, 0.717) is 6.04 Å². The maximum atomic E-state index is 5.39. The van der Waals surface area contributed by atoms with Crippen LogP contribution < -0.4 is 20.1 Å². The minimum Gasteiger partial charge on any atom is -0.493 e. The number of nitrogens with zero attached hydrogens (tertiary/aromatic N) is 2. The van der Waals surface area contributed by atoms with Crippen molar-refractivity contribution in [1.82, 2.24) is 15.5 Å². The van der Waals surface area contributed by atoms with E-state index in [0.717, 1.165) is 49.6 Å². The third-order valence-corrected chi connectivity index (χ3v) is 5.86. The summed E-state index contributed by atoms with van der Waals surface area (Å²) in [5, 5.41) is 7.05. The number of ether oxygens (including phenoxy) is 2. The number of hydrogen-bond donors (Lipinski definition) is 2. The van der Waals surface area contributed by atoms with Crippen LogP contribution in [0.15, 0.2) is 23.2 Å². The maximum absolute atomic E-state index is 5.39. The van der Waals surface area contributed by atoms with E-state index in [2.05, 4.69) is 28.5 Å². The van der Waals surface area contributed by atoms with Crippen LogP contribution in [0.25, 0.3) is 0 Å². The average Bonchev–Trinajstić information content (AvgIpc) is 3.39. The molecule has 1 unspecified atom stereocenters. The number of benzene rings is 1. The summed E-state index contributed by atoms with van der Waals surface area (Å²) in [6, 6.07) is 7.38. The quantitative estimate of drug-likeness (QED) is 0.530. The molecule has 0 radical (unpaired) electrons. The number of rotatable bonds is 8. The molecule has 1 aromatic rings. The molecular weight excluding hydrogens is 352 g/mol. The topological polar surface area (TPSA) is 58.1 Å². The largest absolute Gasteiger partial charge is 0.493 e. The lowest BCUT2D eigenvalue weighted by molar-refractivity contribution is 0.242. The monoisotopic (exact) mass is 388 g/mol. The van der Waals surface area contributed by atoms with Gasteiger partial charge in [-0.25, -0.2) is 0 Å². The zero-order chi connectivity index (χ0) is 19.8. The summed E-state index contributed by atoms with van der Waals surface area (Å²) < 4.78 is 10.7. The highest BCUT2D eigenvalue weighted by Gasteiger charge is 2.30. The fourth-order valence-electron chi connectivity index (χ4n) is 4.35. The van der Waals surface area contributed by atoms with E-state index in [4.69, 9.17) is 14.5 Å². The van der Waals surface area contributed by atoms with Crippen LogP contribution >= 0.6 is 0 Å². The fraction of sp³-hybridized carbons (Fsp3) is 0.682. The van der Waals surface area contributed by atoms with Crippen molar-refractivity contribution in [3.8, 4) is 11.5 Å². The zero-order valence-corrected chi connectivity index (χ0v) is 17.7. The first-order chi connectivity index (χ1) is 13.7. The van der Waals surface area contributed by atoms with Crippen molar-refractivity contribution in [2.45, 2.75) is 57.5 Å². The first-order valence-corrected chi connectivity index (χ1v) is 10.7. The Morgan fingerprint density at radius 3 is 2.64 bits per heavy atom. The summed E-state index contributed by atoms with van der Waals surface area (Å²) in [7, 11) is 3.33. The highest BCUT2D eigenvalue weighted by molar-refractivity contribution is 5.80.